The van der Waals surface area contributed by atoms with E-state index in [1.807, 2.05) is 31.2 Å². The fourth-order valence-electron chi connectivity index (χ4n) is 1.52. The van der Waals surface area contributed by atoms with Crippen molar-refractivity contribution in [1.82, 2.24) is 4.98 Å². The maximum atomic E-state index is 6.16. The summed E-state index contributed by atoms with van der Waals surface area (Å²) in [6.45, 7) is 2.68. The van der Waals surface area contributed by atoms with Crippen LogP contribution in [0.25, 0.3) is 0 Å². The summed E-state index contributed by atoms with van der Waals surface area (Å²) in [5.41, 5.74) is 3.14. The lowest BCUT2D eigenvalue weighted by Gasteiger charge is -2.09. The van der Waals surface area contributed by atoms with Crippen molar-refractivity contribution in [2.75, 3.05) is 5.32 Å². The molecule has 0 unspecified atom stereocenters. The minimum Gasteiger partial charge on any atom is -0.380 e. The molecule has 2 nitrogen and oxygen atoms in total. The van der Waals surface area contributed by atoms with E-state index in [4.69, 9.17) is 11.6 Å². The quantitative estimate of drug-likeness (QED) is 0.731. The number of rotatable bonds is 3. The Kier molecular flexibility index (Phi) is 4.65. The Morgan fingerprint density at radius 3 is 2.72 bits per heavy atom. The molecule has 5 heteroatoms. The third-order valence-electron chi connectivity index (χ3n) is 2.51. The Hall–Kier alpha value is -0.580. The van der Waals surface area contributed by atoms with Crippen molar-refractivity contribution in [1.29, 1.82) is 0 Å². The average molecular weight is 391 g/mol. The second-order valence-corrected chi connectivity index (χ2v) is 6.00. The molecule has 0 fully saturated rings. The summed E-state index contributed by atoms with van der Waals surface area (Å²) in [6, 6.07) is 7.92. The van der Waals surface area contributed by atoms with Gasteiger partial charge in [-0.05, 0) is 52.2 Å². The number of halogens is 3. The van der Waals surface area contributed by atoms with Gasteiger partial charge in [0.25, 0.3) is 0 Å². The molecule has 0 aliphatic heterocycles. The van der Waals surface area contributed by atoms with Crippen molar-refractivity contribution < 1.29 is 0 Å². The monoisotopic (exact) mass is 388 g/mol. The van der Waals surface area contributed by atoms with Crippen molar-refractivity contribution in [3.63, 3.8) is 0 Å². The van der Waals surface area contributed by atoms with E-state index >= 15 is 0 Å². The van der Waals surface area contributed by atoms with E-state index in [0.717, 1.165) is 30.9 Å². The van der Waals surface area contributed by atoms with E-state index in [-0.39, 0.29) is 0 Å². The van der Waals surface area contributed by atoms with E-state index in [1.165, 1.54) is 0 Å². The molecule has 1 heterocycles. The number of nitrogens with zero attached hydrogens (tertiary/aromatic N) is 1. The lowest BCUT2D eigenvalue weighted by molar-refractivity contribution is 1.12. The number of hydrogen-bond acceptors (Lipinski definition) is 2. The maximum absolute atomic E-state index is 6.16. The van der Waals surface area contributed by atoms with Crippen LogP contribution >= 0.6 is 43.5 Å². The zero-order valence-corrected chi connectivity index (χ0v) is 13.6. The van der Waals surface area contributed by atoms with Crippen LogP contribution in [0.4, 0.5) is 5.69 Å². The van der Waals surface area contributed by atoms with Crippen molar-refractivity contribution in [2.24, 2.45) is 0 Å². The molecule has 2 rings (SSSR count). The molecule has 18 heavy (non-hydrogen) atoms. The molecule has 94 valence electrons. The normalized spacial score (nSPS) is 10.4. The minimum absolute atomic E-state index is 0.675. The van der Waals surface area contributed by atoms with Crippen molar-refractivity contribution >= 4 is 49.1 Å². The number of aromatic nitrogens is 1. The van der Waals surface area contributed by atoms with Crippen molar-refractivity contribution in [2.45, 2.75) is 13.5 Å². The summed E-state index contributed by atoms with van der Waals surface area (Å²) in [6.07, 6.45) is 1.80. The van der Waals surface area contributed by atoms with Crippen molar-refractivity contribution in [3.8, 4) is 0 Å². The molecule has 2 aromatic rings. The van der Waals surface area contributed by atoms with E-state index in [2.05, 4.69) is 42.2 Å². The number of aryl methyl sites for hydroxylation is 1. The van der Waals surface area contributed by atoms with E-state index in [9.17, 15) is 0 Å². The van der Waals surface area contributed by atoms with Crippen LogP contribution in [0.5, 0.6) is 0 Å². The van der Waals surface area contributed by atoms with Gasteiger partial charge in [-0.3, -0.25) is 0 Å². The SMILES string of the molecule is Cc1cc(NCc2ccc(Br)cc2Cl)cnc1Br. The number of pyridine rings is 1. The third-order valence-corrected chi connectivity index (χ3v) is 4.19. The highest BCUT2D eigenvalue weighted by Gasteiger charge is 2.02. The zero-order valence-electron chi connectivity index (χ0n) is 9.67. The average Bonchev–Trinajstić information content (AvgIpc) is 2.32. The van der Waals surface area contributed by atoms with Crippen LogP contribution in [-0.4, -0.2) is 4.98 Å². The minimum atomic E-state index is 0.675. The van der Waals surface area contributed by atoms with Crippen LogP contribution in [0, 0.1) is 6.92 Å². The molecule has 0 saturated heterocycles. The van der Waals surface area contributed by atoms with E-state index < -0.39 is 0 Å². The molecule has 0 spiro atoms. The van der Waals surface area contributed by atoms with Crippen LogP contribution in [-0.2, 0) is 6.54 Å². The predicted octanol–water partition coefficient (Wildman–Crippen LogP) is 5.18. The number of nitrogens with one attached hydrogen (secondary N) is 1. The van der Waals surface area contributed by atoms with E-state index in [1.54, 1.807) is 6.20 Å². The standard InChI is InChI=1S/C13H11Br2ClN2/c1-8-4-11(7-18-13(8)15)17-6-9-2-3-10(14)5-12(9)16/h2-5,7,17H,6H2,1H3. The highest BCUT2D eigenvalue weighted by atomic mass is 79.9. The molecular weight excluding hydrogens is 379 g/mol. The van der Waals surface area contributed by atoms with E-state index in [0.29, 0.717) is 6.54 Å². The number of anilines is 1. The molecule has 1 aromatic carbocycles. The molecule has 0 aliphatic rings. The first-order valence-corrected chi connectivity index (χ1v) is 7.32. The largest absolute Gasteiger partial charge is 0.380 e. The summed E-state index contributed by atoms with van der Waals surface area (Å²) in [4.78, 5) is 4.24. The maximum Gasteiger partial charge on any atom is 0.109 e. The first-order valence-electron chi connectivity index (χ1n) is 5.36. The molecule has 0 aliphatic carbocycles. The highest BCUT2D eigenvalue weighted by molar-refractivity contribution is 9.10. The van der Waals surface area contributed by atoms with Gasteiger partial charge in [0.1, 0.15) is 4.60 Å². The highest BCUT2D eigenvalue weighted by Crippen LogP contribution is 2.23. The fourth-order valence-corrected chi connectivity index (χ4v) is 2.47. The van der Waals surface area contributed by atoms with Gasteiger partial charge in [0.15, 0.2) is 0 Å². The lowest BCUT2D eigenvalue weighted by atomic mass is 10.2. The molecule has 0 bridgehead atoms. The summed E-state index contributed by atoms with van der Waals surface area (Å²) >= 11 is 12.9. The first-order chi connectivity index (χ1) is 8.56. The zero-order chi connectivity index (χ0) is 13.1. The Morgan fingerprint density at radius 2 is 2.06 bits per heavy atom. The molecule has 0 radical (unpaired) electrons. The fraction of sp³-hybridized carbons (Fsp3) is 0.154. The van der Waals surface area contributed by atoms with Gasteiger partial charge in [-0.1, -0.05) is 33.6 Å². The second kappa shape index (κ2) is 6.04. The Morgan fingerprint density at radius 1 is 1.28 bits per heavy atom. The van der Waals surface area contributed by atoms with Crippen LogP contribution in [0.2, 0.25) is 5.02 Å². The molecule has 1 N–H and O–H groups in total. The first kappa shape index (κ1) is 13.8. The summed E-state index contributed by atoms with van der Waals surface area (Å²) in [7, 11) is 0. The molecule has 0 atom stereocenters. The van der Waals surface area contributed by atoms with Gasteiger partial charge in [0.2, 0.25) is 0 Å². The second-order valence-electron chi connectivity index (χ2n) is 3.92. The van der Waals surface area contributed by atoms with Gasteiger partial charge in [-0.15, -0.1) is 0 Å². The Labute approximate surface area is 128 Å². The van der Waals surface area contributed by atoms with Gasteiger partial charge in [0, 0.05) is 16.0 Å². The smallest absolute Gasteiger partial charge is 0.109 e. The van der Waals surface area contributed by atoms with Crippen LogP contribution < -0.4 is 5.32 Å². The number of hydrogen-bond donors (Lipinski definition) is 1. The van der Waals surface area contributed by atoms with Gasteiger partial charge < -0.3 is 5.32 Å². The lowest BCUT2D eigenvalue weighted by Crippen LogP contribution is -2.01. The van der Waals surface area contributed by atoms with Crippen LogP contribution in [0.1, 0.15) is 11.1 Å². The topological polar surface area (TPSA) is 24.9 Å². The molecule has 1 aromatic heterocycles. The molecular formula is C13H11Br2ClN2. The van der Waals surface area contributed by atoms with Crippen LogP contribution in [0.3, 0.4) is 0 Å². The Bertz CT molecular complexity index is 573. The number of benzene rings is 1. The Balaban J connectivity index is 2.09. The summed E-state index contributed by atoms with van der Waals surface area (Å²) < 4.78 is 1.85. The molecule has 0 amide bonds. The summed E-state index contributed by atoms with van der Waals surface area (Å²) in [5, 5.41) is 4.05. The van der Waals surface area contributed by atoms with Crippen molar-refractivity contribution in [3.05, 3.63) is 55.7 Å². The summed E-state index contributed by atoms with van der Waals surface area (Å²) in [5.74, 6) is 0. The van der Waals surface area contributed by atoms with Crippen LogP contribution in [0.15, 0.2) is 39.5 Å². The van der Waals surface area contributed by atoms with Gasteiger partial charge in [-0.2, -0.15) is 0 Å². The predicted molar refractivity (Wildman–Crippen MR) is 83.2 cm³/mol. The third kappa shape index (κ3) is 3.46. The van der Waals surface area contributed by atoms with Gasteiger partial charge in [-0.25, -0.2) is 4.98 Å². The molecule has 0 saturated carbocycles. The van der Waals surface area contributed by atoms with Gasteiger partial charge in [0.05, 0.1) is 11.9 Å². The van der Waals surface area contributed by atoms with Gasteiger partial charge >= 0.3 is 0 Å².